The largest absolute Gasteiger partial charge is 0.420 e. The number of hydrazone groups is 1. The van der Waals surface area contributed by atoms with E-state index in [4.69, 9.17) is 53.2 Å². The van der Waals surface area contributed by atoms with Gasteiger partial charge in [-0.3, -0.25) is 9.79 Å². The van der Waals surface area contributed by atoms with Gasteiger partial charge in [0.25, 0.3) is 0 Å². The van der Waals surface area contributed by atoms with Crippen LogP contribution >= 0.6 is 0 Å². The number of aliphatic imine (C=N–C) groups is 1. The van der Waals surface area contributed by atoms with Crippen molar-refractivity contribution in [3.8, 4) is 5.75 Å². The molecule has 0 aliphatic carbocycles. The van der Waals surface area contributed by atoms with Gasteiger partial charge in [-0.05, 0) is 13.0 Å². The van der Waals surface area contributed by atoms with E-state index in [0.717, 1.165) is 6.42 Å². The van der Waals surface area contributed by atoms with Crippen molar-refractivity contribution in [2.75, 3.05) is 139 Å². The molecule has 0 aromatic heterocycles. The van der Waals surface area contributed by atoms with Crippen LogP contribution in [0.4, 0.5) is 22.0 Å². The monoisotopic (exact) mass is 908 g/mol. The molecule has 24 heteroatoms. The minimum absolute atomic E-state index is 0.0814. The number of hydrogen-bond donors (Lipinski definition) is 5. The Hall–Kier alpha value is -3.08. The second-order valence-corrected chi connectivity index (χ2v) is 13.0. The molecule has 358 valence electrons. The number of aliphatic hydroxyl groups is 3. The zero-order valence-electron chi connectivity index (χ0n) is 34.7. The van der Waals surface area contributed by atoms with E-state index in [1.165, 1.54) is 6.21 Å². The fourth-order valence-electron chi connectivity index (χ4n) is 5.01. The fourth-order valence-corrected chi connectivity index (χ4v) is 5.01. The van der Waals surface area contributed by atoms with E-state index < -0.39 is 78.4 Å². The molecule has 1 heterocycles. The quantitative estimate of drug-likeness (QED) is 0.00695. The highest BCUT2D eigenvalue weighted by molar-refractivity contribution is 6.30. The summed E-state index contributed by atoms with van der Waals surface area (Å²) in [7, 11) is 0. The molecule has 0 saturated carbocycles. The molecule has 0 amide bonds. The summed E-state index contributed by atoms with van der Waals surface area (Å²) in [4.78, 5) is 15.9. The maximum atomic E-state index is 13.6. The highest BCUT2D eigenvalue weighted by atomic mass is 19.2. The molecular formula is C38H61F5N4O15. The van der Waals surface area contributed by atoms with Crippen LogP contribution < -0.4 is 15.9 Å². The number of aliphatic hydroxyl groups excluding tert-OH is 3. The minimum atomic E-state index is -2.35. The summed E-state index contributed by atoms with van der Waals surface area (Å²) in [5, 5.41) is 35.7. The highest BCUT2D eigenvalue weighted by Gasteiger charge is 2.36. The van der Waals surface area contributed by atoms with Crippen molar-refractivity contribution in [2.24, 2.45) is 15.9 Å². The Kier molecular flexibility index (Phi) is 31.3. The molecule has 19 nitrogen and oxygen atoms in total. The van der Waals surface area contributed by atoms with Crippen LogP contribution in [0.15, 0.2) is 10.1 Å². The van der Waals surface area contributed by atoms with Crippen molar-refractivity contribution in [2.45, 2.75) is 50.3 Å². The van der Waals surface area contributed by atoms with Gasteiger partial charge >= 0.3 is 5.97 Å². The molecule has 1 saturated heterocycles. The van der Waals surface area contributed by atoms with E-state index in [2.05, 4.69) is 20.1 Å². The van der Waals surface area contributed by atoms with Gasteiger partial charge in [0.15, 0.2) is 6.29 Å². The van der Waals surface area contributed by atoms with Gasteiger partial charge in [0.05, 0.1) is 137 Å². The number of ether oxygens (including phenoxy) is 11. The number of halogens is 5. The molecule has 0 bridgehead atoms. The van der Waals surface area contributed by atoms with Gasteiger partial charge in [0.1, 0.15) is 12.2 Å². The normalized spacial score (nSPS) is 18.3. The number of carbonyl (C=O) groups excluding carboxylic acids is 1. The molecule has 4 unspecified atom stereocenters. The number of nitrogens with zero attached hydrogens (tertiary/aromatic N) is 2. The van der Waals surface area contributed by atoms with Crippen LogP contribution in [-0.2, 0) is 52.2 Å². The van der Waals surface area contributed by atoms with Crippen LogP contribution in [-0.4, -0.2) is 196 Å². The first kappa shape index (κ1) is 55.1. The molecule has 1 aromatic carbocycles. The molecule has 1 aromatic rings. The Morgan fingerprint density at radius 3 is 1.73 bits per heavy atom. The summed E-state index contributed by atoms with van der Waals surface area (Å²) >= 11 is 0. The van der Waals surface area contributed by atoms with E-state index >= 15 is 0 Å². The SMILES string of the molecule is N/N=C(\C=NCCOCCOCCOCCOCCOCCOCCNCCCOCCOCCC(=O)Oc1c(F)c(F)c(F)c(F)c1F)CCOC1CC(O)C(O)C(CO)O1. The van der Waals surface area contributed by atoms with Crippen LogP contribution in [0.1, 0.15) is 25.7 Å². The Balaban J connectivity index is 1.24. The average molecular weight is 909 g/mol. The third kappa shape index (κ3) is 24.1. The molecule has 1 aliphatic heterocycles. The molecule has 6 N–H and O–H groups in total. The summed E-state index contributed by atoms with van der Waals surface area (Å²) in [5.74, 6) is -8.72. The van der Waals surface area contributed by atoms with E-state index in [9.17, 15) is 42.1 Å². The van der Waals surface area contributed by atoms with Crippen molar-refractivity contribution in [3.63, 3.8) is 0 Å². The standard InChI is InChI=1S/C38H61F5N4O15/c39-32-33(40)35(42)38(36(43)34(32)41)62-30(50)3-8-53-13-12-52-7-1-4-45-5-10-54-14-16-56-18-20-58-22-23-59-21-19-57-17-15-55-11-6-46-25-27(47-44)2-9-60-31-24-28(49)37(51)29(26-48)61-31/h25,28-29,31,37,45,48-49,51H,1-24,26,44H2/b46-25?,47-27-. The fraction of sp³-hybridized carbons (Fsp3) is 0.763. The lowest BCUT2D eigenvalue weighted by molar-refractivity contribution is -0.256. The van der Waals surface area contributed by atoms with E-state index in [-0.39, 0.29) is 32.8 Å². The highest BCUT2D eigenvalue weighted by Crippen LogP contribution is 2.29. The molecule has 1 fully saturated rings. The van der Waals surface area contributed by atoms with Crippen molar-refractivity contribution in [3.05, 3.63) is 29.1 Å². The Morgan fingerprint density at radius 2 is 1.18 bits per heavy atom. The number of nitrogens with one attached hydrogen (secondary N) is 1. The van der Waals surface area contributed by atoms with Crippen molar-refractivity contribution < 1.29 is 94.2 Å². The first-order chi connectivity index (χ1) is 30.1. The number of esters is 1. The zero-order valence-corrected chi connectivity index (χ0v) is 34.7. The third-order valence-electron chi connectivity index (χ3n) is 8.28. The third-order valence-corrected chi connectivity index (χ3v) is 8.28. The molecule has 2 rings (SSSR count). The number of nitrogens with two attached hydrogens (primary N) is 1. The average Bonchev–Trinajstić information content (AvgIpc) is 3.27. The van der Waals surface area contributed by atoms with Gasteiger partial charge in [-0.2, -0.15) is 13.9 Å². The molecule has 62 heavy (non-hydrogen) atoms. The Morgan fingerprint density at radius 1 is 0.677 bits per heavy atom. The van der Waals surface area contributed by atoms with Crippen LogP contribution in [0.25, 0.3) is 0 Å². The first-order valence-electron chi connectivity index (χ1n) is 20.2. The van der Waals surface area contributed by atoms with Crippen molar-refractivity contribution in [1.29, 1.82) is 0 Å². The van der Waals surface area contributed by atoms with E-state index in [1.54, 1.807) is 0 Å². The Bertz CT molecular complexity index is 1380. The van der Waals surface area contributed by atoms with E-state index in [1.807, 2.05) is 0 Å². The van der Waals surface area contributed by atoms with Crippen LogP contribution in [0, 0.1) is 29.1 Å². The van der Waals surface area contributed by atoms with Gasteiger partial charge in [-0.15, -0.1) is 0 Å². The predicted octanol–water partition coefficient (Wildman–Crippen LogP) is 0.411. The minimum Gasteiger partial charge on any atom is -0.420 e. The van der Waals surface area contributed by atoms with Crippen molar-refractivity contribution >= 4 is 17.9 Å². The summed E-state index contributed by atoms with van der Waals surface area (Å²) in [6.07, 6.45) is -1.69. The number of rotatable bonds is 38. The van der Waals surface area contributed by atoms with Gasteiger partial charge < -0.3 is 78.6 Å². The molecule has 1 aliphatic rings. The maximum absolute atomic E-state index is 13.6. The topological polar surface area (TPSA) is 242 Å². The molecule has 0 spiro atoms. The summed E-state index contributed by atoms with van der Waals surface area (Å²) in [6.45, 7) is 7.17. The predicted molar refractivity (Wildman–Crippen MR) is 208 cm³/mol. The van der Waals surface area contributed by atoms with Crippen LogP contribution in [0.2, 0.25) is 0 Å². The second kappa shape index (κ2) is 35.3. The van der Waals surface area contributed by atoms with E-state index in [0.29, 0.717) is 118 Å². The lowest BCUT2D eigenvalue weighted by atomic mass is 10.0. The first-order valence-corrected chi connectivity index (χ1v) is 20.2. The second-order valence-electron chi connectivity index (χ2n) is 13.0. The molecule has 4 atom stereocenters. The number of carbonyl (C=O) groups is 1. The summed E-state index contributed by atoms with van der Waals surface area (Å²) in [5.41, 5.74) is 0.497. The summed E-state index contributed by atoms with van der Waals surface area (Å²) in [6, 6.07) is 0. The van der Waals surface area contributed by atoms with Crippen LogP contribution in [0.5, 0.6) is 5.75 Å². The van der Waals surface area contributed by atoms with Gasteiger partial charge in [0.2, 0.25) is 34.8 Å². The maximum Gasteiger partial charge on any atom is 0.313 e. The van der Waals surface area contributed by atoms with Gasteiger partial charge in [0, 0.05) is 32.2 Å². The lowest BCUT2D eigenvalue weighted by Crippen LogP contribution is -2.50. The number of benzene rings is 1. The molecular weight excluding hydrogens is 847 g/mol. The molecule has 0 radical (unpaired) electrons. The zero-order chi connectivity index (χ0) is 45.2. The van der Waals surface area contributed by atoms with Gasteiger partial charge in [-0.25, -0.2) is 13.2 Å². The van der Waals surface area contributed by atoms with Crippen molar-refractivity contribution in [1.82, 2.24) is 5.32 Å². The smallest absolute Gasteiger partial charge is 0.313 e. The number of hydrogen-bond acceptors (Lipinski definition) is 19. The summed E-state index contributed by atoms with van der Waals surface area (Å²) < 4.78 is 125. The lowest BCUT2D eigenvalue weighted by Gasteiger charge is -2.36. The Labute approximate surface area is 356 Å². The van der Waals surface area contributed by atoms with Crippen LogP contribution in [0.3, 0.4) is 0 Å². The van der Waals surface area contributed by atoms with Gasteiger partial charge in [-0.1, -0.05) is 0 Å².